The van der Waals surface area contributed by atoms with Crippen molar-refractivity contribution in [3.05, 3.63) is 11.1 Å². The zero-order chi connectivity index (χ0) is 14.4. The largest absolute Gasteiger partial charge is 0.478 e. The van der Waals surface area contributed by atoms with Gasteiger partial charge in [-0.1, -0.05) is 0 Å². The molecule has 0 aromatic rings. The Hall–Kier alpha value is -1.40. The lowest BCUT2D eigenvalue weighted by molar-refractivity contribution is -0.133. The summed E-state index contributed by atoms with van der Waals surface area (Å²) < 4.78 is 5.26. The van der Waals surface area contributed by atoms with E-state index < -0.39 is 5.97 Å². The molecule has 20 heavy (non-hydrogen) atoms. The van der Waals surface area contributed by atoms with Crippen LogP contribution in [0.5, 0.6) is 0 Å². The molecule has 0 unspecified atom stereocenters. The van der Waals surface area contributed by atoms with Crippen molar-refractivity contribution in [3.63, 3.8) is 0 Å². The fraction of sp³-hybridized carbons (Fsp3) is 0.714. The average molecular weight is 282 g/mol. The van der Waals surface area contributed by atoms with Crippen molar-refractivity contribution in [1.82, 2.24) is 10.2 Å². The molecule has 1 amide bonds. The predicted octanol–water partition coefficient (Wildman–Crippen LogP) is 0.390. The van der Waals surface area contributed by atoms with Crippen molar-refractivity contribution >= 4 is 11.9 Å². The lowest BCUT2D eigenvalue weighted by Gasteiger charge is -2.26. The topological polar surface area (TPSA) is 78.9 Å². The van der Waals surface area contributed by atoms with Gasteiger partial charge in [0.2, 0.25) is 5.91 Å². The number of ether oxygens (including phenoxy) is 1. The minimum absolute atomic E-state index is 0.213. The number of aliphatic carboxylic acids is 1. The molecule has 0 aromatic heterocycles. The second-order valence-corrected chi connectivity index (χ2v) is 5.18. The number of nitrogens with zero attached hydrogens (tertiary/aromatic N) is 1. The Balaban J connectivity index is 1.82. The van der Waals surface area contributed by atoms with Gasteiger partial charge in [0.25, 0.3) is 0 Å². The third-order valence-corrected chi connectivity index (χ3v) is 3.82. The first-order valence-electron chi connectivity index (χ1n) is 7.22. The summed E-state index contributed by atoms with van der Waals surface area (Å²) in [6.07, 6.45) is 2.82. The Morgan fingerprint density at radius 1 is 1.15 bits per heavy atom. The van der Waals surface area contributed by atoms with Crippen LogP contribution in [0.3, 0.4) is 0 Å². The molecule has 6 heteroatoms. The molecule has 2 N–H and O–H groups in total. The summed E-state index contributed by atoms with van der Waals surface area (Å²) in [6, 6.07) is 0. The van der Waals surface area contributed by atoms with Gasteiger partial charge in [0.1, 0.15) is 0 Å². The van der Waals surface area contributed by atoms with Gasteiger partial charge < -0.3 is 15.2 Å². The van der Waals surface area contributed by atoms with Crippen LogP contribution < -0.4 is 5.32 Å². The number of nitrogens with one attached hydrogen (secondary N) is 1. The van der Waals surface area contributed by atoms with Crippen molar-refractivity contribution < 1.29 is 19.4 Å². The molecule has 0 spiro atoms. The average Bonchev–Trinajstić information content (AvgIpc) is 2.48. The van der Waals surface area contributed by atoms with Gasteiger partial charge in [0.15, 0.2) is 0 Å². The second-order valence-electron chi connectivity index (χ2n) is 5.18. The minimum Gasteiger partial charge on any atom is -0.478 e. The highest BCUT2D eigenvalue weighted by Gasteiger charge is 2.23. The van der Waals surface area contributed by atoms with E-state index in [1.165, 1.54) is 0 Å². The van der Waals surface area contributed by atoms with Crippen LogP contribution >= 0.6 is 0 Å². The van der Waals surface area contributed by atoms with E-state index in [0.29, 0.717) is 30.5 Å². The van der Waals surface area contributed by atoms with E-state index in [9.17, 15) is 9.59 Å². The number of amides is 1. The highest BCUT2D eigenvalue weighted by molar-refractivity contribution is 6.02. The fourth-order valence-corrected chi connectivity index (χ4v) is 2.65. The van der Waals surface area contributed by atoms with Gasteiger partial charge in [0.05, 0.1) is 13.2 Å². The van der Waals surface area contributed by atoms with Gasteiger partial charge in [0, 0.05) is 37.3 Å². The number of carbonyl (C=O) groups is 2. The highest BCUT2D eigenvalue weighted by Crippen LogP contribution is 2.24. The minimum atomic E-state index is -0.956. The lowest BCUT2D eigenvalue weighted by Crippen LogP contribution is -2.41. The molecule has 0 atom stereocenters. The van der Waals surface area contributed by atoms with Crippen LogP contribution in [-0.2, 0) is 14.3 Å². The number of rotatable bonds is 5. The molecule has 0 radical (unpaired) electrons. The maximum absolute atomic E-state index is 12.1. The standard InChI is InChI=1S/C14H22N2O4/c17-13(11-3-1-2-4-12(11)14(18)19)15-5-6-16-7-9-20-10-8-16/h1-10H2,(H,15,17)(H,18,19). The molecule has 1 aliphatic heterocycles. The Morgan fingerprint density at radius 3 is 2.45 bits per heavy atom. The van der Waals surface area contributed by atoms with Crippen molar-refractivity contribution in [3.8, 4) is 0 Å². The summed E-state index contributed by atoms with van der Waals surface area (Å²) in [5, 5.41) is 12.0. The Labute approximate surface area is 118 Å². The fourth-order valence-electron chi connectivity index (χ4n) is 2.65. The first kappa shape index (κ1) is 15.0. The quantitative estimate of drug-likeness (QED) is 0.762. The van der Waals surface area contributed by atoms with Gasteiger partial charge in [-0.2, -0.15) is 0 Å². The molecule has 1 fully saturated rings. The van der Waals surface area contributed by atoms with Gasteiger partial charge >= 0.3 is 5.97 Å². The van der Waals surface area contributed by atoms with Crippen molar-refractivity contribution in [2.24, 2.45) is 0 Å². The molecular weight excluding hydrogens is 260 g/mol. The summed E-state index contributed by atoms with van der Waals surface area (Å²) in [4.78, 5) is 25.4. The molecule has 2 rings (SSSR count). The molecule has 1 saturated heterocycles. The van der Waals surface area contributed by atoms with Crippen LogP contribution in [-0.4, -0.2) is 61.3 Å². The molecule has 1 heterocycles. The summed E-state index contributed by atoms with van der Waals surface area (Å²) in [7, 11) is 0. The van der Waals surface area contributed by atoms with E-state index in [1.807, 2.05) is 0 Å². The van der Waals surface area contributed by atoms with E-state index in [1.54, 1.807) is 0 Å². The maximum Gasteiger partial charge on any atom is 0.332 e. The summed E-state index contributed by atoms with van der Waals surface area (Å²) in [6.45, 7) is 4.59. The molecule has 2 aliphatic rings. The first-order chi connectivity index (χ1) is 9.68. The molecule has 0 bridgehead atoms. The van der Waals surface area contributed by atoms with E-state index >= 15 is 0 Å². The summed E-state index contributed by atoms with van der Waals surface area (Å²) in [5.74, 6) is -1.17. The smallest absolute Gasteiger partial charge is 0.332 e. The monoisotopic (exact) mass is 282 g/mol. The van der Waals surface area contributed by atoms with Gasteiger partial charge in [-0.3, -0.25) is 9.69 Å². The van der Waals surface area contributed by atoms with Gasteiger partial charge in [-0.05, 0) is 25.7 Å². The van der Waals surface area contributed by atoms with Crippen molar-refractivity contribution in [2.75, 3.05) is 39.4 Å². The van der Waals surface area contributed by atoms with E-state index in [-0.39, 0.29) is 5.91 Å². The number of morpholine rings is 1. The van der Waals surface area contributed by atoms with Gasteiger partial charge in [-0.15, -0.1) is 0 Å². The molecule has 1 aliphatic carbocycles. The zero-order valence-electron chi connectivity index (χ0n) is 11.7. The lowest BCUT2D eigenvalue weighted by atomic mass is 9.91. The Bertz CT molecular complexity index is 400. The third kappa shape index (κ3) is 4.05. The van der Waals surface area contributed by atoms with Crippen LogP contribution in [0, 0.1) is 0 Å². The third-order valence-electron chi connectivity index (χ3n) is 3.82. The summed E-state index contributed by atoms with van der Waals surface area (Å²) >= 11 is 0. The van der Waals surface area contributed by atoms with Crippen LogP contribution in [0.15, 0.2) is 11.1 Å². The molecule has 0 aromatic carbocycles. The molecule has 6 nitrogen and oxygen atoms in total. The van der Waals surface area contributed by atoms with Crippen LogP contribution in [0.1, 0.15) is 25.7 Å². The Kier molecular flexibility index (Phi) is 5.55. The van der Waals surface area contributed by atoms with E-state index in [2.05, 4.69) is 10.2 Å². The summed E-state index contributed by atoms with van der Waals surface area (Å²) in [5.41, 5.74) is 0.755. The van der Waals surface area contributed by atoms with E-state index in [0.717, 1.165) is 45.7 Å². The van der Waals surface area contributed by atoms with Crippen molar-refractivity contribution in [1.29, 1.82) is 0 Å². The predicted molar refractivity (Wildman–Crippen MR) is 73.4 cm³/mol. The molecule has 112 valence electrons. The Morgan fingerprint density at radius 2 is 1.80 bits per heavy atom. The number of carboxylic acid groups (broad SMARTS) is 1. The first-order valence-corrected chi connectivity index (χ1v) is 7.22. The zero-order valence-corrected chi connectivity index (χ0v) is 11.7. The van der Waals surface area contributed by atoms with Crippen molar-refractivity contribution in [2.45, 2.75) is 25.7 Å². The van der Waals surface area contributed by atoms with Crippen LogP contribution in [0.25, 0.3) is 0 Å². The number of hydrogen-bond donors (Lipinski definition) is 2. The molecule has 0 saturated carbocycles. The number of carbonyl (C=O) groups excluding carboxylic acids is 1. The normalized spacial score (nSPS) is 20.8. The van der Waals surface area contributed by atoms with Crippen LogP contribution in [0.4, 0.5) is 0 Å². The SMILES string of the molecule is O=C(O)C1=C(C(=O)NCCN2CCOCC2)CCCC1. The van der Waals surface area contributed by atoms with E-state index in [4.69, 9.17) is 9.84 Å². The highest BCUT2D eigenvalue weighted by atomic mass is 16.5. The molecular formula is C14H22N2O4. The van der Waals surface area contributed by atoms with Gasteiger partial charge in [-0.25, -0.2) is 4.79 Å². The van der Waals surface area contributed by atoms with Crippen LogP contribution in [0.2, 0.25) is 0 Å². The number of carboxylic acids is 1. The number of hydrogen-bond acceptors (Lipinski definition) is 4. The maximum atomic E-state index is 12.1. The second kappa shape index (κ2) is 7.40.